The second-order valence-electron chi connectivity index (χ2n) is 5.39. The maximum absolute atomic E-state index is 5.71. The molecule has 1 aromatic heterocycles. The molecule has 0 radical (unpaired) electrons. The van der Waals surface area contributed by atoms with Gasteiger partial charge in [-0.2, -0.15) is 5.10 Å². The van der Waals surface area contributed by atoms with Crippen LogP contribution in [0.5, 0.6) is 0 Å². The van der Waals surface area contributed by atoms with Gasteiger partial charge in [0.2, 0.25) is 0 Å². The first-order valence-electron chi connectivity index (χ1n) is 7.45. The van der Waals surface area contributed by atoms with E-state index in [0.717, 1.165) is 31.7 Å². The van der Waals surface area contributed by atoms with Gasteiger partial charge in [0.1, 0.15) is 0 Å². The van der Waals surface area contributed by atoms with Crippen LogP contribution in [0.1, 0.15) is 52.8 Å². The third kappa shape index (κ3) is 5.74. The van der Waals surface area contributed by atoms with Gasteiger partial charge in [0.25, 0.3) is 0 Å². The van der Waals surface area contributed by atoms with Crippen molar-refractivity contribution in [2.75, 3.05) is 13.2 Å². The first kappa shape index (κ1) is 16.2. The number of likely N-dealkylation sites (N-methyl/N-ethyl adjacent to an activating group) is 1. The summed E-state index contributed by atoms with van der Waals surface area (Å²) in [5, 5.41) is 8.12. The first-order chi connectivity index (χ1) is 9.06. The van der Waals surface area contributed by atoms with E-state index in [4.69, 9.17) is 4.74 Å². The molecule has 4 heteroatoms. The minimum absolute atomic E-state index is 0.277. The minimum Gasteiger partial charge on any atom is -0.377 e. The average Bonchev–Trinajstić information content (AvgIpc) is 2.83. The van der Waals surface area contributed by atoms with Gasteiger partial charge in [0.05, 0.1) is 18.4 Å². The molecule has 0 saturated carbocycles. The Balaban J connectivity index is 2.55. The van der Waals surface area contributed by atoms with E-state index in [1.807, 2.05) is 0 Å². The molecule has 110 valence electrons. The second kappa shape index (κ2) is 8.33. The molecule has 4 nitrogen and oxygen atoms in total. The van der Waals surface area contributed by atoms with Crippen LogP contribution in [0, 0.1) is 0 Å². The molecule has 2 atom stereocenters. The zero-order valence-electron chi connectivity index (χ0n) is 13.0. The maximum atomic E-state index is 5.71. The molecule has 0 spiro atoms. The Bertz CT molecular complexity index is 349. The van der Waals surface area contributed by atoms with Crippen LogP contribution in [0.3, 0.4) is 0 Å². The maximum Gasteiger partial charge on any atom is 0.0641 e. The predicted molar refractivity (Wildman–Crippen MR) is 79.5 cm³/mol. The molecule has 0 fully saturated rings. The van der Waals surface area contributed by atoms with Crippen LogP contribution in [-0.2, 0) is 11.2 Å². The normalized spacial score (nSPS) is 14.8. The number of aromatic nitrogens is 2. The van der Waals surface area contributed by atoms with Crippen molar-refractivity contribution >= 4 is 0 Å². The summed E-state index contributed by atoms with van der Waals surface area (Å²) in [6.07, 6.45) is 4.38. The van der Waals surface area contributed by atoms with Crippen molar-refractivity contribution in [3.05, 3.63) is 18.0 Å². The van der Waals surface area contributed by atoms with Crippen LogP contribution >= 0.6 is 0 Å². The van der Waals surface area contributed by atoms with Gasteiger partial charge in [-0.25, -0.2) is 0 Å². The van der Waals surface area contributed by atoms with Crippen LogP contribution < -0.4 is 5.32 Å². The smallest absolute Gasteiger partial charge is 0.0641 e. The highest BCUT2D eigenvalue weighted by atomic mass is 16.5. The highest BCUT2D eigenvalue weighted by Gasteiger charge is 2.12. The lowest BCUT2D eigenvalue weighted by atomic mass is 10.1. The van der Waals surface area contributed by atoms with Gasteiger partial charge in [0, 0.05) is 24.7 Å². The summed E-state index contributed by atoms with van der Waals surface area (Å²) in [5.41, 5.74) is 1.14. The monoisotopic (exact) mass is 267 g/mol. The summed E-state index contributed by atoms with van der Waals surface area (Å²) in [7, 11) is 0. The van der Waals surface area contributed by atoms with Gasteiger partial charge in [-0.05, 0) is 39.8 Å². The van der Waals surface area contributed by atoms with Crippen LogP contribution in [0.2, 0.25) is 0 Å². The SMILES string of the molecule is CCNC(COC(C)C)Cc1ccn(C(C)CC)n1. The quantitative estimate of drug-likeness (QED) is 0.748. The molecule has 0 bridgehead atoms. The van der Waals surface area contributed by atoms with Gasteiger partial charge in [-0.1, -0.05) is 13.8 Å². The lowest BCUT2D eigenvalue weighted by molar-refractivity contribution is 0.0614. The minimum atomic E-state index is 0.277. The third-order valence-electron chi connectivity index (χ3n) is 3.29. The van der Waals surface area contributed by atoms with E-state index in [1.54, 1.807) is 0 Å². The molecule has 1 aromatic rings. The number of hydrogen-bond donors (Lipinski definition) is 1. The first-order valence-corrected chi connectivity index (χ1v) is 7.45. The fraction of sp³-hybridized carbons (Fsp3) is 0.800. The lowest BCUT2D eigenvalue weighted by Gasteiger charge is -2.18. The van der Waals surface area contributed by atoms with Gasteiger partial charge in [0.15, 0.2) is 0 Å². The Kier molecular flexibility index (Phi) is 7.10. The fourth-order valence-electron chi connectivity index (χ4n) is 1.96. The predicted octanol–water partition coefficient (Wildman–Crippen LogP) is 2.80. The number of hydrogen-bond acceptors (Lipinski definition) is 3. The van der Waals surface area contributed by atoms with Crippen molar-refractivity contribution in [1.82, 2.24) is 15.1 Å². The van der Waals surface area contributed by atoms with Crippen molar-refractivity contribution in [3.8, 4) is 0 Å². The summed E-state index contributed by atoms with van der Waals surface area (Å²) in [6.45, 7) is 12.3. The van der Waals surface area contributed by atoms with Gasteiger partial charge in [-0.3, -0.25) is 4.68 Å². The van der Waals surface area contributed by atoms with Crippen LogP contribution in [0.4, 0.5) is 0 Å². The lowest BCUT2D eigenvalue weighted by Crippen LogP contribution is -2.36. The van der Waals surface area contributed by atoms with E-state index < -0.39 is 0 Å². The van der Waals surface area contributed by atoms with Crippen molar-refractivity contribution in [2.24, 2.45) is 0 Å². The molecule has 1 rings (SSSR count). The fourth-order valence-corrected chi connectivity index (χ4v) is 1.96. The summed E-state index contributed by atoms with van der Waals surface area (Å²) in [6, 6.07) is 2.93. The Morgan fingerprint density at radius 3 is 2.63 bits per heavy atom. The van der Waals surface area contributed by atoms with E-state index >= 15 is 0 Å². The molecule has 0 aliphatic rings. The summed E-state index contributed by atoms with van der Waals surface area (Å²) < 4.78 is 7.76. The summed E-state index contributed by atoms with van der Waals surface area (Å²) in [4.78, 5) is 0. The number of nitrogens with one attached hydrogen (secondary N) is 1. The molecule has 0 amide bonds. The zero-order chi connectivity index (χ0) is 14.3. The number of rotatable bonds is 9. The van der Waals surface area contributed by atoms with E-state index in [1.165, 1.54) is 0 Å². The Morgan fingerprint density at radius 1 is 1.32 bits per heavy atom. The highest BCUT2D eigenvalue weighted by molar-refractivity contribution is 5.02. The van der Waals surface area contributed by atoms with Crippen molar-refractivity contribution < 1.29 is 4.74 Å². The van der Waals surface area contributed by atoms with Gasteiger partial charge in [-0.15, -0.1) is 0 Å². The molecule has 0 aromatic carbocycles. The van der Waals surface area contributed by atoms with Crippen molar-refractivity contribution in [1.29, 1.82) is 0 Å². The van der Waals surface area contributed by atoms with E-state index in [9.17, 15) is 0 Å². The molecule has 0 saturated heterocycles. The van der Waals surface area contributed by atoms with E-state index in [2.05, 4.69) is 62.0 Å². The van der Waals surface area contributed by atoms with Gasteiger partial charge >= 0.3 is 0 Å². The Morgan fingerprint density at radius 2 is 2.05 bits per heavy atom. The van der Waals surface area contributed by atoms with Crippen LogP contribution in [0.15, 0.2) is 12.3 Å². The third-order valence-corrected chi connectivity index (χ3v) is 3.29. The molecular weight excluding hydrogens is 238 g/mol. The topological polar surface area (TPSA) is 39.1 Å². The molecule has 1 heterocycles. The van der Waals surface area contributed by atoms with Crippen LogP contribution in [-0.4, -0.2) is 35.1 Å². The van der Waals surface area contributed by atoms with Crippen LogP contribution in [0.25, 0.3) is 0 Å². The summed E-state index contributed by atoms with van der Waals surface area (Å²) in [5.74, 6) is 0. The Labute approximate surface area is 117 Å². The van der Waals surface area contributed by atoms with E-state index in [-0.39, 0.29) is 6.10 Å². The zero-order valence-corrected chi connectivity index (χ0v) is 13.0. The molecule has 0 aliphatic carbocycles. The number of ether oxygens (including phenoxy) is 1. The summed E-state index contributed by atoms with van der Waals surface area (Å²) >= 11 is 0. The standard InChI is InChI=1S/C15H29N3O/c1-6-13(5)18-9-8-14(17-18)10-15(16-7-2)11-19-12(3)4/h8-9,12-13,15-16H,6-7,10-11H2,1-5H3. The highest BCUT2D eigenvalue weighted by Crippen LogP contribution is 2.10. The molecule has 0 aliphatic heterocycles. The average molecular weight is 267 g/mol. The second-order valence-corrected chi connectivity index (χ2v) is 5.39. The van der Waals surface area contributed by atoms with Crippen molar-refractivity contribution in [2.45, 2.75) is 65.6 Å². The molecular formula is C15H29N3O. The van der Waals surface area contributed by atoms with Crippen molar-refractivity contribution in [3.63, 3.8) is 0 Å². The molecule has 2 unspecified atom stereocenters. The largest absolute Gasteiger partial charge is 0.377 e. The van der Waals surface area contributed by atoms with E-state index in [0.29, 0.717) is 12.1 Å². The Hall–Kier alpha value is -0.870. The number of nitrogens with zero attached hydrogens (tertiary/aromatic N) is 2. The molecule has 1 N–H and O–H groups in total. The van der Waals surface area contributed by atoms with Gasteiger partial charge < -0.3 is 10.1 Å². The molecule has 19 heavy (non-hydrogen) atoms.